The smallest absolute Gasteiger partial charge is 0.394 e. The lowest BCUT2D eigenvalue weighted by Gasteiger charge is -2.38. The van der Waals surface area contributed by atoms with E-state index in [4.69, 9.17) is 31.7 Å². The van der Waals surface area contributed by atoms with Gasteiger partial charge in [-0.15, -0.1) is 0 Å². The number of carboxylic acids is 1. The van der Waals surface area contributed by atoms with Gasteiger partial charge < -0.3 is 34.4 Å². The van der Waals surface area contributed by atoms with Crippen LogP contribution in [0.15, 0.2) is 72.8 Å². The van der Waals surface area contributed by atoms with E-state index in [9.17, 15) is 29.7 Å². The quantitative estimate of drug-likeness (QED) is 0.0529. The highest BCUT2D eigenvalue weighted by Gasteiger charge is 2.40. The molecule has 55 heavy (non-hydrogen) atoms. The number of hydrogen-bond donors (Lipinski definition) is 5. The summed E-state index contributed by atoms with van der Waals surface area (Å²) in [4.78, 5) is 37.8. The van der Waals surface area contributed by atoms with Crippen LogP contribution in [0.25, 0.3) is 0 Å². The van der Waals surface area contributed by atoms with Crippen LogP contribution in [0.2, 0.25) is 0 Å². The van der Waals surface area contributed by atoms with Crippen LogP contribution < -0.4 is 9.47 Å². The predicted molar refractivity (Wildman–Crippen MR) is 202 cm³/mol. The number of rotatable bonds is 9. The first-order chi connectivity index (χ1) is 25.9. The predicted octanol–water partition coefficient (Wildman–Crippen LogP) is 6.53. The fourth-order valence-electron chi connectivity index (χ4n) is 6.99. The Bertz CT molecular complexity index is 2050. The Labute approximate surface area is 319 Å². The Hall–Kier alpha value is -5.32. The van der Waals surface area contributed by atoms with Crippen LogP contribution in [0.4, 0.5) is 0 Å². The first-order valence-electron chi connectivity index (χ1n) is 17.3. The summed E-state index contributed by atoms with van der Waals surface area (Å²) in [6.07, 6.45) is 5.78. The number of fused-ring (bicyclic) bond motifs is 2. The Balaban J connectivity index is 0.000000220. The van der Waals surface area contributed by atoms with Crippen LogP contribution in [0.3, 0.4) is 0 Å². The Kier molecular flexibility index (Phi) is 14.1. The van der Waals surface area contributed by atoms with Gasteiger partial charge in [0.2, 0.25) is 0 Å². The fraction of sp³-hybridized carbons (Fsp3) is 0.325. The molecule has 0 aromatic heterocycles. The third-order valence-electron chi connectivity index (χ3n) is 9.75. The van der Waals surface area contributed by atoms with Gasteiger partial charge in [0, 0.05) is 17.6 Å². The number of aryl methyl sites for hydroxylation is 2. The van der Waals surface area contributed by atoms with Crippen LogP contribution in [0.5, 0.6) is 23.0 Å². The second kappa shape index (κ2) is 18.3. The Morgan fingerprint density at radius 2 is 1.31 bits per heavy atom. The molecule has 0 amide bonds. The molecule has 2 fully saturated rings. The van der Waals surface area contributed by atoms with Gasteiger partial charge in [0.05, 0.1) is 18.8 Å². The summed E-state index contributed by atoms with van der Waals surface area (Å²) in [6, 6.07) is 25.4. The number of benzene rings is 4. The molecule has 2 unspecified atom stereocenters. The summed E-state index contributed by atoms with van der Waals surface area (Å²) in [7, 11) is -1.07. The van der Waals surface area contributed by atoms with Crippen LogP contribution >= 0.6 is 0 Å². The number of phenolic OH excluding ortho intramolecular Hbond substituents is 1. The molecule has 2 saturated heterocycles. The van der Waals surface area contributed by atoms with Gasteiger partial charge in [0.1, 0.15) is 40.2 Å². The molecular weight excluding hydrogens is 735 g/mol. The SMILES string of the molecule is CN1C2CCC1CC(OC(c1ccccc1)c1ccccc1)C2.COc1cc(C)c(C(=O)Oc2cc(C)c(O)c(C(=O)O)c2C)c(O)c1C=O.O=S(=O)(O)O. The van der Waals surface area contributed by atoms with Crippen molar-refractivity contribution >= 4 is 28.6 Å². The first-order valence-corrected chi connectivity index (χ1v) is 18.7. The van der Waals surface area contributed by atoms with Gasteiger partial charge in [0.25, 0.3) is 0 Å². The summed E-state index contributed by atoms with van der Waals surface area (Å²) in [5, 5.41) is 29.5. The number of phenols is 2. The number of nitrogens with zero attached hydrogens (tertiary/aromatic N) is 1. The summed E-state index contributed by atoms with van der Waals surface area (Å²) in [5.74, 6) is -3.38. The summed E-state index contributed by atoms with van der Waals surface area (Å²) >= 11 is 0. The van der Waals surface area contributed by atoms with Gasteiger partial charge in [-0.25, -0.2) is 9.59 Å². The number of carboxylic acid groups (broad SMARTS) is 1. The highest BCUT2D eigenvalue weighted by Crippen LogP contribution is 2.39. The lowest BCUT2D eigenvalue weighted by atomic mass is 9.97. The molecule has 0 spiro atoms. The molecule has 2 aliphatic rings. The largest absolute Gasteiger partial charge is 0.507 e. The number of methoxy groups -OCH3 is 1. The standard InChI is InChI=1S/C21H25NO.C19H18O8.H2O4S/c1-22-18-12-13-19(22)15-20(14-18)23-21(16-8-4-2-5-9-16)17-10-6-3-7-11-17;1-8-5-13(26-4)11(7-20)17(22)14(8)19(25)27-12-6-9(2)16(21)15(10(12)3)18(23)24;1-5(2,3)4/h2-11,18-21H,12-15H2,1H3;5-7,21-22H,1-4H3,(H,23,24);(H2,1,2,3,4). The molecule has 15 heteroatoms. The molecule has 2 bridgehead atoms. The van der Waals surface area contributed by atoms with Crippen LogP contribution in [-0.4, -0.2) is 88.3 Å². The molecular formula is C40H45NO13S. The molecule has 0 radical (unpaired) electrons. The van der Waals surface area contributed by atoms with Crippen molar-refractivity contribution in [2.75, 3.05) is 14.2 Å². The van der Waals surface area contributed by atoms with E-state index in [1.54, 1.807) is 0 Å². The molecule has 14 nitrogen and oxygen atoms in total. The molecule has 4 aromatic rings. The van der Waals surface area contributed by atoms with Crippen LogP contribution in [-0.2, 0) is 15.1 Å². The maximum atomic E-state index is 12.6. The fourth-order valence-corrected chi connectivity index (χ4v) is 6.99. The van der Waals surface area contributed by atoms with E-state index in [1.165, 1.54) is 76.8 Å². The van der Waals surface area contributed by atoms with E-state index in [-0.39, 0.29) is 45.4 Å². The van der Waals surface area contributed by atoms with Gasteiger partial charge in [-0.2, -0.15) is 8.42 Å². The van der Waals surface area contributed by atoms with Gasteiger partial charge in [-0.3, -0.25) is 13.9 Å². The molecule has 0 aliphatic carbocycles. The number of esters is 1. The minimum absolute atomic E-state index is 0.0419. The van der Waals surface area contributed by atoms with Crippen molar-refractivity contribution in [2.24, 2.45) is 0 Å². The Morgan fingerprint density at radius 1 is 0.818 bits per heavy atom. The van der Waals surface area contributed by atoms with E-state index in [1.807, 2.05) is 0 Å². The zero-order chi connectivity index (χ0) is 40.6. The van der Waals surface area contributed by atoms with Crippen molar-refractivity contribution < 1.29 is 61.4 Å². The van der Waals surface area contributed by atoms with E-state index < -0.39 is 33.8 Å². The number of hydrogen-bond acceptors (Lipinski definition) is 11. The van der Waals surface area contributed by atoms with Gasteiger partial charge in [0.15, 0.2) is 6.29 Å². The van der Waals surface area contributed by atoms with Gasteiger partial charge >= 0.3 is 22.3 Å². The number of carbonyl (C=O) groups is 3. The molecule has 5 N–H and O–H groups in total. The van der Waals surface area contributed by atoms with E-state index in [0.29, 0.717) is 30.0 Å². The lowest BCUT2D eigenvalue weighted by molar-refractivity contribution is -0.0426. The van der Waals surface area contributed by atoms with Gasteiger partial charge in [-0.05, 0) is 87.9 Å². The monoisotopic (exact) mass is 779 g/mol. The van der Waals surface area contributed by atoms with Crippen LogP contribution in [0.1, 0.15) is 90.7 Å². The summed E-state index contributed by atoms with van der Waals surface area (Å²) in [6.45, 7) is 4.35. The maximum absolute atomic E-state index is 12.6. The average molecular weight is 780 g/mol. The number of aromatic hydroxyl groups is 2. The van der Waals surface area contributed by atoms with Gasteiger partial charge in [-0.1, -0.05) is 60.7 Å². The van der Waals surface area contributed by atoms with Crippen molar-refractivity contribution in [2.45, 2.75) is 70.7 Å². The average Bonchev–Trinajstić information content (AvgIpc) is 3.32. The minimum atomic E-state index is -4.67. The van der Waals surface area contributed by atoms with Crippen molar-refractivity contribution in [1.29, 1.82) is 0 Å². The summed E-state index contributed by atoms with van der Waals surface area (Å²) in [5.41, 5.74) is 2.20. The van der Waals surface area contributed by atoms with Crippen molar-refractivity contribution in [1.82, 2.24) is 4.90 Å². The second-order valence-electron chi connectivity index (χ2n) is 13.3. The molecule has 2 heterocycles. The molecule has 2 aliphatic heterocycles. The topological polar surface area (TPSA) is 217 Å². The molecule has 2 atom stereocenters. The first kappa shape index (κ1) is 42.4. The lowest BCUT2D eigenvalue weighted by Crippen LogP contribution is -2.43. The Morgan fingerprint density at radius 3 is 1.76 bits per heavy atom. The zero-order valence-electron chi connectivity index (χ0n) is 31.0. The molecule has 0 saturated carbocycles. The zero-order valence-corrected chi connectivity index (χ0v) is 31.8. The van der Waals surface area contributed by atoms with Crippen molar-refractivity contribution in [3.8, 4) is 23.0 Å². The van der Waals surface area contributed by atoms with Crippen molar-refractivity contribution in [3.63, 3.8) is 0 Å². The number of aromatic carboxylic acids is 1. The highest BCUT2D eigenvalue weighted by molar-refractivity contribution is 7.79. The van der Waals surface area contributed by atoms with E-state index >= 15 is 0 Å². The van der Waals surface area contributed by atoms with Crippen molar-refractivity contribution in [3.05, 3.63) is 117 Å². The van der Waals surface area contributed by atoms with Crippen LogP contribution in [0, 0.1) is 20.8 Å². The number of aldehydes is 1. The normalized spacial score (nSPS) is 17.6. The molecule has 6 rings (SSSR count). The number of piperidine rings is 1. The second-order valence-corrected chi connectivity index (χ2v) is 14.2. The van der Waals surface area contributed by atoms with E-state index in [2.05, 4.69) is 72.6 Å². The third-order valence-corrected chi connectivity index (χ3v) is 9.75. The highest BCUT2D eigenvalue weighted by atomic mass is 32.3. The molecule has 294 valence electrons. The molecule has 4 aromatic carbocycles. The minimum Gasteiger partial charge on any atom is -0.507 e. The number of ether oxygens (including phenoxy) is 3. The third kappa shape index (κ3) is 10.7. The maximum Gasteiger partial charge on any atom is 0.394 e. The summed E-state index contributed by atoms with van der Waals surface area (Å²) < 4.78 is 48.5. The van der Waals surface area contributed by atoms with E-state index in [0.717, 1.165) is 0 Å². The number of carbonyl (C=O) groups excluding carboxylic acids is 2.